The highest BCUT2D eigenvalue weighted by Crippen LogP contribution is 2.14. The summed E-state index contributed by atoms with van der Waals surface area (Å²) < 4.78 is 4.94. The van der Waals surface area contributed by atoms with Gasteiger partial charge in [0.05, 0.1) is 6.61 Å². The van der Waals surface area contributed by atoms with Gasteiger partial charge >= 0.3 is 0 Å². The zero-order valence-electron chi connectivity index (χ0n) is 6.18. The Kier molecular flexibility index (Phi) is 3.50. The molecule has 0 aromatic rings. The molecule has 0 bridgehead atoms. The second-order valence-corrected chi connectivity index (χ2v) is 2.50. The Morgan fingerprint density at radius 3 is 2.44 bits per heavy atom. The molecule has 0 fully saturated rings. The van der Waals surface area contributed by atoms with Gasteiger partial charge in [0, 0.05) is 19.1 Å². The maximum absolute atomic E-state index is 5.45. The number of ether oxygens (including phenoxy) is 1. The van der Waals surface area contributed by atoms with Gasteiger partial charge in [0.2, 0.25) is 0 Å². The van der Waals surface area contributed by atoms with Crippen LogP contribution >= 0.6 is 0 Å². The van der Waals surface area contributed by atoms with Crippen molar-refractivity contribution in [2.24, 2.45) is 11.1 Å². The van der Waals surface area contributed by atoms with Crippen LogP contribution in [0.3, 0.4) is 0 Å². The number of hydrogen-bond donors (Lipinski definition) is 1. The number of hydrogen-bond acceptors (Lipinski definition) is 2. The summed E-state index contributed by atoms with van der Waals surface area (Å²) in [6.07, 6.45) is 1.83. The van der Waals surface area contributed by atoms with E-state index in [1.807, 2.05) is 13.0 Å². The van der Waals surface area contributed by atoms with Gasteiger partial charge in [-0.2, -0.15) is 0 Å². The van der Waals surface area contributed by atoms with Crippen molar-refractivity contribution in [3.63, 3.8) is 0 Å². The Morgan fingerprint density at radius 1 is 1.78 bits per heavy atom. The SMILES string of the molecule is C=CC(C)(CN)COC. The first-order chi connectivity index (χ1) is 4.18. The first-order valence-corrected chi connectivity index (χ1v) is 3.01. The molecule has 0 heterocycles. The van der Waals surface area contributed by atoms with Crippen LogP contribution < -0.4 is 5.73 Å². The van der Waals surface area contributed by atoms with Crippen molar-refractivity contribution in [3.05, 3.63) is 12.7 Å². The number of nitrogens with two attached hydrogens (primary N) is 1. The second-order valence-electron chi connectivity index (χ2n) is 2.50. The zero-order valence-corrected chi connectivity index (χ0v) is 6.18. The molecule has 0 saturated heterocycles. The lowest BCUT2D eigenvalue weighted by Crippen LogP contribution is -2.29. The van der Waals surface area contributed by atoms with Crippen molar-refractivity contribution < 1.29 is 4.74 Å². The van der Waals surface area contributed by atoms with Crippen LogP contribution in [0, 0.1) is 5.41 Å². The fourth-order valence-electron chi connectivity index (χ4n) is 0.531. The molecule has 0 spiro atoms. The van der Waals surface area contributed by atoms with Crippen LogP contribution in [0.5, 0.6) is 0 Å². The summed E-state index contributed by atoms with van der Waals surface area (Å²) in [5.74, 6) is 0. The molecule has 2 heteroatoms. The largest absolute Gasteiger partial charge is 0.384 e. The van der Waals surface area contributed by atoms with Crippen molar-refractivity contribution in [1.82, 2.24) is 0 Å². The molecule has 9 heavy (non-hydrogen) atoms. The smallest absolute Gasteiger partial charge is 0.0562 e. The maximum atomic E-state index is 5.45. The summed E-state index contributed by atoms with van der Waals surface area (Å²) in [6.45, 7) is 6.91. The van der Waals surface area contributed by atoms with Gasteiger partial charge in [0.25, 0.3) is 0 Å². The molecule has 0 rings (SSSR count). The molecule has 0 aliphatic heterocycles. The van der Waals surface area contributed by atoms with Gasteiger partial charge in [-0.05, 0) is 0 Å². The van der Waals surface area contributed by atoms with E-state index >= 15 is 0 Å². The number of rotatable bonds is 4. The van der Waals surface area contributed by atoms with E-state index in [1.165, 1.54) is 0 Å². The molecule has 0 amide bonds. The normalized spacial score (nSPS) is 16.8. The summed E-state index contributed by atoms with van der Waals surface area (Å²) in [7, 11) is 1.66. The quantitative estimate of drug-likeness (QED) is 0.569. The molecule has 0 aliphatic rings. The molecule has 2 N–H and O–H groups in total. The van der Waals surface area contributed by atoms with Gasteiger partial charge in [-0.3, -0.25) is 0 Å². The third-order valence-electron chi connectivity index (χ3n) is 1.43. The molecule has 1 atom stereocenters. The molecule has 0 saturated carbocycles. The maximum Gasteiger partial charge on any atom is 0.0562 e. The van der Waals surface area contributed by atoms with E-state index in [9.17, 15) is 0 Å². The van der Waals surface area contributed by atoms with Crippen molar-refractivity contribution >= 4 is 0 Å². The first kappa shape index (κ1) is 8.66. The average molecular weight is 129 g/mol. The fraction of sp³-hybridized carbons (Fsp3) is 0.714. The van der Waals surface area contributed by atoms with E-state index in [2.05, 4.69) is 6.58 Å². The van der Waals surface area contributed by atoms with E-state index in [-0.39, 0.29) is 5.41 Å². The van der Waals surface area contributed by atoms with Crippen molar-refractivity contribution in [3.8, 4) is 0 Å². The van der Waals surface area contributed by atoms with Gasteiger partial charge in [-0.1, -0.05) is 13.0 Å². The van der Waals surface area contributed by atoms with Crippen LogP contribution in [0.15, 0.2) is 12.7 Å². The van der Waals surface area contributed by atoms with E-state index in [4.69, 9.17) is 10.5 Å². The Bertz CT molecular complexity index is 92.9. The molecule has 0 radical (unpaired) electrons. The third kappa shape index (κ3) is 2.63. The molecular formula is C7H15NO. The van der Waals surface area contributed by atoms with Gasteiger partial charge in [-0.25, -0.2) is 0 Å². The molecule has 0 aromatic heterocycles. The van der Waals surface area contributed by atoms with Crippen LogP contribution in [-0.2, 0) is 4.74 Å². The summed E-state index contributed by atoms with van der Waals surface area (Å²) in [6, 6.07) is 0. The van der Waals surface area contributed by atoms with E-state index in [0.29, 0.717) is 13.2 Å². The summed E-state index contributed by atoms with van der Waals surface area (Å²) >= 11 is 0. The highest BCUT2D eigenvalue weighted by molar-refractivity contribution is 4.91. The summed E-state index contributed by atoms with van der Waals surface area (Å²) in [5, 5.41) is 0. The van der Waals surface area contributed by atoms with Crippen LogP contribution in [0.2, 0.25) is 0 Å². The van der Waals surface area contributed by atoms with E-state index < -0.39 is 0 Å². The minimum atomic E-state index is -0.0469. The second kappa shape index (κ2) is 3.64. The fourth-order valence-corrected chi connectivity index (χ4v) is 0.531. The Labute approximate surface area is 56.7 Å². The van der Waals surface area contributed by atoms with Crippen molar-refractivity contribution in [2.45, 2.75) is 6.92 Å². The third-order valence-corrected chi connectivity index (χ3v) is 1.43. The summed E-state index contributed by atoms with van der Waals surface area (Å²) in [5.41, 5.74) is 5.41. The van der Waals surface area contributed by atoms with E-state index in [0.717, 1.165) is 0 Å². The van der Waals surface area contributed by atoms with E-state index in [1.54, 1.807) is 7.11 Å². The van der Waals surface area contributed by atoms with Crippen molar-refractivity contribution in [1.29, 1.82) is 0 Å². The standard InChI is InChI=1S/C7H15NO/c1-4-7(2,5-8)6-9-3/h4H,1,5-6,8H2,2-3H3. The monoisotopic (exact) mass is 129 g/mol. The molecule has 1 unspecified atom stereocenters. The number of methoxy groups -OCH3 is 1. The average Bonchev–Trinajstić information content (AvgIpc) is 1.89. The highest BCUT2D eigenvalue weighted by atomic mass is 16.5. The lowest BCUT2D eigenvalue weighted by atomic mass is 9.93. The minimum absolute atomic E-state index is 0.0469. The van der Waals surface area contributed by atoms with Crippen LogP contribution in [0.25, 0.3) is 0 Å². The Morgan fingerprint density at radius 2 is 2.33 bits per heavy atom. The first-order valence-electron chi connectivity index (χ1n) is 3.01. The van der Waals surface area contributed by atoms with Crippen molar-refractivity contribution in [2.75, 3.05) is 20.3 Å². The van der Waals surface area contributed by atoms with Gasteiger partial charge < -0.3 is 10.5 Å². The van der Waals surface area contributed by atoms with Crippen LogP contribution in [-0.4, -0.2) is 20.3 Å². The molecule has 54 valence electrons. The van der Waals surface area contributed by atoms with Crippen LogP contribution in [0.4, 0.5) is 0 Å². The molecule has 0 aromatic carbocycles. The summed E-state index contributed by atoms with van der Waals surface area (Å²) in [4.78, 5) is 0. The molecule has 0 aliphatic carbocycles. The lowest BCUT2D eigenvalue weighted by Gasteiger charge is -2.21. The lowest BCUT2D eigenvalue weighted by molar-refractivity contribution is 0.127. The topological polar surface area (TPSA) is 35.2 Å². The predicted octanol–water partition coefficient (Wildman–Crippen LogP) is 0.784. The minimum Gasteiger partial charge on any atom is -0.384 e. The molecule has 2 nitrogen and oxygen atoms in total. The van der Waals surface area contributed by atoms with Gasteiger partial charge in [-0.15, -0.1) is 6.58 Å². The Balaban J connectivity index is 3.76. The highest BCUT2D eigenvalue weighted by Gasteiger charge is 2.16. The van der Waals surface area contributed by atoms with Crippen LogP contribution in [0.1, 0.15) is 6.92 Å². The predicted molar refractivity (Wildman–Crippen MR) is 39.2 cm³/mol. The zero-order chi connectivity index (χ0) is 7.33. The molecular weight excluding hydrogens is 114 g/mol. The van der Waals surface area contributed by atoms with Gasteiger partial charge in [0.15, 0.2) is 0 Å². The van der Waals surface area contributed by atoms with Gasteiger partial charge in [0.1, 0.15) is 0 Å². The Hall–Kier alpha value is -0.340.